The zero-order valence-electron chi connectivity index (χ0n) is 14.9. The summed E-state index contributed by atoms with van der Waals surface area (Å²) in [4.78, 5) is 12.3. The van der Waals surface area contributed by atoms with Crippen molar-refractivity contribution in [2.45, 2.75) is 58.6 Å². The molecule has 26 heavy (non-hydrogen) atoms. The molecule has 1 aliphatic carbocycles. The minimum absolute atomic E-state index is 0.0841. The highest BCUT2D eigenvalue weighted by Crippen LogP contribution is 2.30. The van der Waals surface area contributed by atoms with Gasteiger partial charge in [-0.1, -0.05) is 13.3 Å². The van der Waals surface area contributed by atoms with Gasteiger partial charge < -0.3 is 9.15 Å². The van der Waals surface area contributed by atoms with Gasteiger partial charge in [0.15, 0.2) is 12.4 Å². The Bertz CT molecular complexity index is 928. The van der Waals surface area contributed by atoms with Gasteiger partial charge in [0.05, 0.1) is 12.7 Å². The lowest BCUT2D eigenvalue weighted by Crippen LogP contribution is -2.12. The third kappa shape index (κ3) is 3.34. The quantitative estimate of drug-likeness (QED) is 0.607. The highest BCUT2D eigenvalue weighted by molar-refractivity contribution is 5.87. The van der Waals surface area contributed by atoms with E-state index in [1.54, 1.807) is 10.9 Å². The number of ether oxygens (including phenoxy) is 1. The predicted octanol–water partition coefficient (Wildman–Crippen LogP) is 2.99. The van der Waals surface area contributed by atoms with Crippen LogP contribution in [-0.4, -0.2) is 26.2 Å². The number of hydrogen-bond acceptors (Lipinski definition) is 6. The third-order valence-electron chi connectivity index (χ3n) is 4.89. The molecule has 0 atom stereocenters. The van der Waals surface area contributed by atoms with Gasteiger partial charge in [-0.25, -0.2) is 4.68 Å². The Morgan fingerprint density at radius 2 is 2.15 bits per heavy atom. The second-order valence-electron chi connectivity index (χ2n) is 6.74. The van der Waals surface area contributed by atoms with E-state index in [0.29, 0.717) is 5.82 Å². The van der Waals surface area contributed by atoms with Crippen molar-refractivity contribution in [3.63, 3.8) is 0 Å². The Labute approximate surface area is 151 Å². The van der Waals surface area contributed by atoms with Gasteiger partial charge in [0, 0.05) is 17.5 Å². The summed E-state index contributed by atoms with van der Waals surface area (Å²) < 4.78 is 12.7. The van der Waals surface area contributed by atoms with E-state index in [4.69, 9.17) is 9.15 Å². The maximum absolute atomic E-state index is 12.3. The Hall–Kier alpha value is -2.70. The van der Waals surface area contributed by atoms with Crippen molar-refractivity contribution in [2.24, 2.45) is 0 Å². The zero-order valence-corrected chi connectivity index (χ0v) is 14.9. The number of unbranched alkanes of at least 4 members (excludes halogenated alkanes) is 1. The number of tetrazole rings is 1. The van der Waals surface area contributed by atoms with Crippen LogP contribution in [0, 0.1) is 0 Å². The largest absolute Gasteiger partial charge is 0.464 e. The molecule has 0 saturated heterocycles. The molecule has 0 N–H and O–H groups in total. The summed E-state index contributed by atoms with van der Waals surface area (Å²) in [5.74, 6) is 0.264. The first-order valence-electron chi connectivity index (χ1n) is 9.17. The Kier molecular flexibility index (Phi) is 4.69. The van der Waals surface area contributed by atoms with Crippen LogP contribution in [0.25, 0.3) is 11.0 Å². The van der Waals surface area contributed by atoms with Gasteiger partial charge in [0.25, 0.3) is 0 Å². The van der Waals surface area contributed by atoms with Crippen molar-refractivity contribution in [2.75, 3.05) is 0 Å². The van der Waals surface area contributed by atoms with Gasteiger partial charge >= 0.3 is 5.97 Å². The number of aromatic nitrogens is 4. The summed E-state index contributed by atoms with van der Waals surface area (Å²) in [6.45, 7) is 2.92. The lowest BCUT2D eigenvalue weighted by molar-refractivity contribution is -0.144. The Morgan fingerprint density at radius 1 is 1.31 bits per heavy atom. The van der Waals surface area contributed by atoms with E-state index in [1.807, 2.05) is 0 Å². The molecule has 3 aromatic rings. The molecule has 1 aromatic carbocycles. The highest BCUT2D eigenvalue weighted by atomic mass is 16.5. The van der Waals surface area contributed by atoms with Gasteiger partial charge in [0.1, 0.15) is 5.58 Å². The number of nitrogens with zero attached hydrogens (tertiary/aromatic N) is 4. The van der Waals surface area contributed by atoms with Crippen molar-refractivity contribution in [3.8, 4) is 0 Å². The topological polar surface area (TPSA) is 83.0 Å². The fourth-order valence-corrected chi connectivity index (χ4v) is 3.44. The summed E-state index contributed by atoms with van der Waals surface area (Å²) in [5.41, 5.74) is 4.44. The number of furan rings is 1. The lowest BCUT2D eigenvalue weighted by Gasteiger charge is -2.05. The van der Waals surface area contributed by atoms with Crippen molar-refractivity contribution >= 4 is 16.9 Å². The number of carbonyl (C=O) groups excluding carboxylic acids is 1. The predicted molar refractivity (Wildman–Crippen MR) is 94.5 cm³/mol. The van der Waals surface area contributed by atoms with E-state index in [-0.39, 0.29) is 19.0 Å². The van der Waals surface area contributed by atoms with E-state index < -0.39 is 0 Å². The van der Waals surface area contributed by atoms with Crippen molar-refractivity contribution in [1.82, 2.24) is 20.2 Å². The molecule has 0 spiro atoms. The minimum atomic E-state index is -0.307. The first kappa shape index (κ1) is 16.8. The van der Waals surface area contributed by atoms with Crippen LogP contribution in [0.1, 0.15) is 48.7 Å². The third-order valence-corrected chi connectivity index (χ3v) is 4.89. The summed E-state index contributed by atoms with van der Waals surface area (Å²) in [5, 5.41) is 12.5. The molecule has 2 aromatic heterocycles. The van der Waals surface area contributed by atoms with Crippen LogP contribution >= 0.6 is 0 Å². The number of carbonyl (C=O) groups is 1. The Morgan fingerprint density at radius 3 is 3.00 bits per heavy atom. The van der Waals surface area contributed by atoms with Crippen LogP contribution < -0.4 is 0 Å². The van der Waals surface area contributed by atoms with Gasteiger partial charge in [-0.05, 0) is 59.4 Å². The number of esters is 1. The molecule has 136 valence electrons. The smallest absolute Gasteiger partial charge is 0.310 e. The van der Waals surface area contributed by atoms with E-state index in [1.165, 1.54) is 17.5 Å². The molecule has 4 rings (SSSR count). The standard InChI is InChI=1S/C19H22N4O3/c1-2-3-7-23-18(20-21-22-23)12-26-19(24)10-15-11-25-17-9-14-6-4-5-13(14)8-16(15)17/h8-9,11H,2-7,10,12H2,1H3. The van der Waals surface area contributed by atoms with E-state index >= 15 is 0 Å². The molecule has 0 bridgehead atoms. The molecule has 0 aliphatic heterocycles. The maximum atomic E-state index is 12.3. The monoisotopic (exact) mass is 354 g/mol. The van der Waals surface area contributed by atoms with Crippen LogP contribution in [0.5, 0.6) is 0 Å². The molecule has 0 amide bonds. The van der Waals surface area contributed by atoms with Gasteiger partial charge in [-0.3, -0.25) is 4.79 Å². The molecule has 0 fully saturated rings. The molecule has 2 heterocycles. The van der Waals surface area contributed by atoms with Gasteiger partial charge in [0.2, 0.25) is 0 Å². The number of fused-ring (bicyclic) bond motifs is 2. The van der Waals surface area contributed by atoms with E-state index in [0.717, 1.165) is 48.8 Å². The van der Waals surface area contributed by atoms with Crippen LogP contribution in [-0.2, 0) is 41.9 Å². The number of hydrogen-bond donors (Lipinski definition) is 0. The van der Waals surface area contributed by atoms with E-state index in [9.17, 15) is 4.79 Å². The van der Waals surface area contributed by atoms with Gasteiger partial charge in [-0.15, -0.1) is 5.10 Å². The molecule has 0 radical (unpaired) electrons. The summed E-state index contributed by atoms with van der Waals surface area (Å²) in [6.07, 6.45) is 7.27. The molecule has 0 saturated carbocycles. The highest BCUT2D eigenvalue weighted by Gasteiger charge is 2.17. The average Bonchev–Trinajstić information content (AvgIpc) is 3.36. The molecular formula is C19H22N4O3. The fourth-order valence-electron chi connectivity index (χ4n) is 3.44. The summed E-state index contributed by atoms with van der Waals surface area (Å²) in [6, 6.07) is 4.27. The molecule has 7 heteroatoms. The summed E-state index contributed by atoms with van der Waals surface area (Å²) >= 11 is 0. The van der Waals surface area contributed by atoms with Crippen molar-refractivity contribution < 1.29 is 13.9 Å². The molecule has 0 unspecified atom stereocenters. The number of rotatable bonds is 7. The molecule has 7 nitrogen and oxygen atoms in total. The second-order valence-corrected chi connectivity index (χ2v) is 6.74. The SMILES string of the molecule is CCCCn1nnnc1COC(=O)Cc1coc2cc3c(cc12)CCC3. The van der Waals surface area contributed by atoms with Crippen LogP contribution in [0.4, 0.5) is 0 Å². The van der Waals surface area contributed by atoms with Crippen LogP contribution in [0.2, 0.25) is 0 Å². The van der Waals surface area contributed by atoms with Crippen molar-refractivity contribution in [3.05, 3.63) is 40.9 Å². The first-order valence-corrected chi connectivity index (χ1v) is 9.17. The van der Waals surface area contributed by atoms with Crippen LogP contribution in [0.3, 0.4) is 0 Å². The fraction of sp³-hybridized carbons (Fsp3) is 0.474. The van der Waals surface area contributed by atoms with Gasteiger partial charge in [-0.2, -0.15) is 0 Å². The van der Waals surface area contributed by atoms with E-state index in [2.05, 4.69) is 34.6 Å². The second kappa shape index (κ2) is 7.27. The number of aryl methyl sites for hydroxylation is 3. The van der Waals surface area contributed by atoms with Crippen molar-refractivity contribution in [1.29, 1.82) is 0 Å². The average molecular weight is 354 g/mol. The normalized spacial score (nSPS) is 13.3. The zero-order chi connectivity index (χ0) is 17.9. The molecule has 1 aliphatic rings. The maximum Gasteiger partial charge on any atom is 0.310 e. The Balaban J connectivity index is 1.41. The number of benzene rings is 1. The van der Waals surface area contributed by atoms with Crippen LogP contribution in [0.15, 0.2) is 22.8 Å². The lowest BCUT2D eigenvalue weighted by atomic mass is 10.0. The molecular weight excluding hydrogens is 332 g/mol. The first-order chi connectivity index (χ1) is 12.7. The summed E-state index contributed by atoms with van der Waals surface area (Å²) in [7, 11) is 0. The minimum Gasteiger partial charge on any atom is -0.464 e.